The second-order valence-corrected chi connectivity index (χ2v) is 47.8. The minimum absolute atomic E-state index is 0.404. The minimum Gasteiger partial charge on any atom is -0.274 e. The van der Waals surface area contributed by atoms with Gasteiger partial charge in [0.1, 0.15) is 36.2 Å². The van der Waals surface area contributed by atoms with E-state index in [1.807, 2.05) is 83.1 Å². The molecule has 3 unspecified atom stereocenters. The summed E-state index contributed by atoms with van der Waals surface area (Å²) in [7, 11) is -5.51. The second kappa shape index (κ2) is 25.4. The molecule has 0 radical (unpaired) electrons. The number of rotatable bonds is 27. The van der Waals surface area contributed by atoms with Crippen molar-refractivity contribution in [3.8, 4) is 0 Å². The summed E-state index contributed by atoms with van der Waals surface area (Å²) in [6.07, 6.45) is 0. The van der Waals surface area contributed by atoms with E-state index in [9.17, 15) is 0 Å². The summed E-state index contributed by atoms with van der Waals surface area (Å²) in [4.78, 5) is 0. The molecule has 0 fully saturated rings. The normalized spacial score (nSPS) is 18.4. The highest BCUT2D eigenvalue weighted by molar-refractivity contribution is 9.28. The number of alkyl halides is 21. The van der Waals surface area contributed by atoms with E-state index in [2.05, 4.69) is 287 Å². The average Bonchev–Trinajstić information content (AvgIpc) is 3.16. The molecule has 4 nitrogen and oxygen atoms in total. The van der Waals surface area contributed by atoms with E-state index in [1.165, 1.54) is 0 Å². The third kappa shape index (κ3) is 12.8. The van der Waals surface area contributed by atoms with Gasteiger partial charge < -0.3 is 0 Å². The highest BCUT2D eigenvalue weighted by Crippen LogP contribution is 2.80. The van der Waals surface area contributed by atoms with Gasteiger partial charge in [-0.2, -0.15) is 0 Å². The van der Waals surface area contributed by atoms with E-state index in [1.54, 1.807) is 20.8 Å². The van der Waals surface area contributed by atoms with Gasteiger partial charge in [-0.05, 0) is 20.8 Å². The number of hydrogen-bond donors (Lipinski definition) is 0. The third-order valence-corrected chi connectivity index (χ3v) is 43.2. The van der Waals surface area contributed by atoms with Gasteiger partial charge in [-0.15, -0.1) is 34.8 Å². The first-order valence-corrected chi connectivity index (χ1v) is 38.6. The van der Waals surface area contributed by atoms with E-state index in [4.69, 9.17) is 48.4 Å². The summed E-state index contributed by atoms with van der Waals surface area (Å²) in [6, 6.07) is 0. The molecule has 0 rings (SSSR count). The van der Waals surface area contributed by atoms with Crippen molar-refractivity contribution in [3.63, 3.8) is 0 Å². The van der Waals surface area contributed by atoms with E-state index in [0.29, 0.717) is 32.0 Å². The molecule has 0 aliphatic heterocycles. The first-order chi connectivity index (χ1) is 28.3. The highest BCUT2D eigenvalue weighted by Gasteiger charge is 2.80. The van der Waals surface area contributed by atoms with Crippen LogP contribution in [0.25, 0.3) is 0 Å². The van der Waals surface area contributed by atoms with Crippen LogP contribution in [-0.4, -0.2) is 84.3 Å². The Labute approximate surface area is 558 Å². The summed E-state index contributed by atoms with van der Waals surface area (Å²) in [5, 5.41) is -0.691. The summed E-state index contributed by atoms with van der Waals surface area (Å²) >= 11 is 96.0. The Kier molecular flexibility index (Phi) is 29.2. The van der Waals surface area contributed by atoms with Gasteiger partial charge in [-0.25, -0.2) is 4.57 Å². The van der Waals surface area contributed by atoms with Gasteiger partial charge in [0, 0.05) is 64.5 Å². The van der Waals surface area contributed by atoms with E-state index in [0.717, 1.165) is 0 Å². The lowest BCUT2D eigenvalue weighted by Gasteiger charge is -2.65. The van der Waals surface area contributed by atoms with Crippen molar-refractivity contribution < 1.29 is 18.1 Å². The Hall–Kier alpha value is 9.62. The molecule has 65 heavy (non-hydrogen) atoms. The van der Waals surface area contributed by atoms with Gasteiger partial charge >= 0.3 is 7.82 Å². The maximum absolute atomic E-state index is 18.2. The molecule has 3 atom stereocenters. The Morgan fingerprint density at radius 1 is 0.338 bits per heavy atom. The fourth-order valence-corrected chi connectivity index (χ4v) is 34.2. The third-order valence-electron chi connectivity index (χ3n) is 12.4. The molecule has 0 amide bonds. The molecular formula is C39H60Br18Cl3O4P. The van der Waals surface area contributed by atoms with Crippen LogP contribution in [-0.2, 0) is 18.1 Å². The first kappa shape index (κ1) is 74.6. The molecular weight excluding hydrogens is 2110 g/mol. The van der Waals surface area contributed by atoms with Crippen LogP contribution < -0.4 is 0 Å². The van der Waals surface area contributed by atoms with Crippen molar-refractivity contribution in [2.24, 2.45) is 32.5 Å². The zero-order valence-electron chi connectivity index (χ0n) is 38.5. The van der Waals surface area contributed by atoms with Crippen LogP contribution in [0.15, 0.2) is 0 Å². The quantitative estimate of drug-likeness (QED) is 0.0607. The van der Waals surface area contributed by atoms with Crippen LogP contribution in [0.2, 0.25) is 0 Å². The number of phosphoric acid groups is 1. The molecule has 0 N–H and O–H groups in total. The molecule has 0 aromatic carbocycles. The molecule has 0 bridgehead atoms. The van der Waals surface area contributed by atoms with Gasteiger partial charge in [0.05, 0.1) is 16.1 Å². The molecule has 392 valence electrons. The Balaban J connectivity index is 10.7. The summed E-state index contributed by atoms with van der Waals surface area (Å²) in [5.74, 6) is 0. The lowest BCUT2D eigenvalue weighted by Crippen LogP contribution is -2.75. The molecule has 0 saturated carbocycles. The Morgan fingerprint density at radius 2 is 0.446 bits per heavy atom. The first-order valence-electron chi connectivity index (χ1n) is 19.6. The van der Waals surface area contributed by atoms with Crippen LogP contribution in [0.3, 0.4) is 0 Å². The van der Waals surface area contributed by atoms with E-state index in [-0.39, 0.29) is 0 Å². The van der Waals surface area contributed by atoms with Crippen LogP contribution in [0, 0.1) is 32.5 Å². The smallest absolute Gasteiger partial charge is 0.274 e. The monoisotopic (exact) mass is 2150 g/mol. The predicted molar refractivity (Wildman–Crippen MR) is 354 cm³/mol. The van der Waals surface area contributed by atoms with Crippen LogP contribution in [0.4, 0.5) is 0 Å². The largest absolute Gasteiger partial charge is 0.477 e. The van der Waals surface area contributed by atoms with Crippen molar-refractivity contribution in [2.75, 3.05) is 32.0 Å². The number of phosphoric ester groups is 1. The average molecular weight is 2170 g/mol. The number of halogens is 21. The summed E-state index contributed by atoms with van der Waals surface area (Å²) < 4.78 is 33.1. The fraction of sp³-hybridized carbons (Fsp3) is 1.00. The van der Waals surface area contributed by atoms with Gasteiger partial charge in [-0.3, -0.25) is 13.6 Å². The SMILES string of the molecule is CC(Cl)C(OP(=O)(OC(C(C)Cl)(C(Br)(Br)C(C)(C)CBr)C(Br)(Br)C(C)(C)CBr)OC(C(C)Cl)(C(Br)(Br)C(C)(C)CBr)C(Br)(Br)C(C)(C)CBr)(C(Br)(Br)C(C)(C)CBr)C(Br)(Br)C(C)(C)CBr. The fourth-order valence-electron chi connectivity index (χ4n) is 6.76. The van der Waals surface area contributed by atoms with Crippen molar-refractivity contribution in [1.82, 2.24) is 0 Å². The van der Waals surface area contributed by atoms with E-state index < -0.39 is 92.6 Å². The molecule has 0 saturated heterocycles. The Morgan fingerprint density at radius 3 is 0.523 bits per heavy atom. The van der Waals surface area contributed by atoms with Gasteiger partial charge in [-0.1, -0.05) is 370 Å². The van der Waals surface area contributed by atoms with Crippen LogP contribution >= 0.6 is 329 Å². The van der Waals surface area contributed by atoms with Gasteiger partial charge in [0.15, 0.2) is 0 Å². The molecule has 26 heteroatoms. The second-order valence-electron chi connectivity index (χ2n) is 20.3. The number of hydrogen-bond acceptors (Lipinski definition) is 4. The van der Waals surface area contributed by atoms with Crippen LogP contribution in [0.5, 0.6) is 0 Å². The standard InChI is InChI=1S/C39H60Br18Cl3O4P/c1-22(58)31(34(46,47)25(4,5)16-40,35(48,49)26(6,7)17-41)62-65(61,63-32(23(2)59,36(50,51)27(8,9)18-42)37(52,53)28(10,11)19-43)64-33(24(3)60,38(54,55)29(12,13)20-44)39(56,57)30(14,15)21-45/h22-24H,16-21H2,1-15H3. The molecule has 0 aromatic heterocycles. The summed E-state index contributed by atoms with van der Waals surface area (Å²) in [6.45, 7) is 29.6. The topological polar surface area (TPSA) is 44.8 Å². The van der Waals surface area contributed by atoms with Gasteiger partial charge in [0.2, 0.25) is 0 Å². The molecule has 0 spiro atoms. The molecule has 0 heterocycles. The van der Waals surface area contributed by atoms with Crippen molar-refractivity contribution >= 4 is 329 Å². The van der Waals surface area contributed by atoms with Crippen molar-refractivity contribution in [2.45, 2.75) is 156 Å². The van der Waals surface area contributed by atoms with Crippen LogP contribution in [0.1, 0.15) is 104 Å². The predicted octanol–water partition coefficient (Wildman–Crippen LogP) is 23.7. The lowest BCUT2D eigenvalue weighted by atomic mass is 9.71. The lowest BCUT2D eigenvalue weighted by molar-refractivity contribution is -0.112. The maximum atomic E-state index is 18.2. The zero-order chi connectivity index (χ0) is 53.1. The maximum Gasteiger partial charge on any atom is 0.477 e. The molecule has 0 aromatic rings. The van der Waals surface area contributed by atoms with Gasteiger partial charge in [0.25, 0.3) is 0 Å². The Bertz CT molecular complexity index is 1390. The van der Waals surface area contributed by atoms with E-state index >= 15 is 4.57 Å². The zero-order valence-corrected chi connectivity index (χ0v) is 70.2. The van der Waals surface area contributed by atoms with Crippen molar-refractivity contribution in [3.05, 3.63) is 0 Å². The highest BCUT2D eigenvalue weighted by atomic mass is 79.9. The molecule has 0 aliphatic carbocycles. The minimum atomic E-state index is -5.51. The summed E-state index contributed by atoms with van der Waals surface area (Å²) in [5.41, 5.74) is -10.6. The molecule has 0 aliphatic rings. The van der Waals surface area contributed by atoms with Crippen molar-refractivity contribution in [1.29, 1.82) is 0 Å².